The Labute approximate surface area is 119 Å². The summed E-state index contributed by atoms with van der Waals surface area (Å²) in [6.07, 6.45) is 8.79. The third-order valence-electron chi connectivity index (χ3n) is 5.70. The lowest BCUT2D eigenvalue weighted by molar-refractivity contribution is 0.178. The van der Waals surface area contributed by atoms with Gasteiger partial charge in [-0.25, -0.2) is 0 Å². The fourth-order valence-electron chi connectivity index (χ4n) is 4.23. The van der Waals surface area contributed by atoms with Crippen molar-refractivity contribution in [3.63, 3.8) is 0 Å². The summed E-state index contributed by atoms with van der Waals surface area (Å²) in [6, 6.07) is 0.716. The normalized spacial score (nSPS) is 34.1. The summed E-state index contributed by atoms with van der Waals surface area (Å²) in [4.78, 5) is 2.83. The molecule has 0 aromatic heterocycles. The van der Waals surface area contributed by atoms with Gasteiger partial charge in [-0.1, -0.05) is 13.8 Å². The molecule has 0 radical (unpaired) electrons. The van der Waals surface area contributed by atoms with E-state index in [2.05, 4.69) is 31.1 Å². The molecule has 3 aliphatic rings. The van der Waals surface area contributed by atoms with Gasteiger partial charge in [0.2, 0.25) is 0 Å². The van der Waals surface area contributed by atoms with Crippen molar-refractivity contribution >= 4 is 0 Å². The Morgan fingerprint density at radius 2 is 1.53 bits per heavy atom. The van der Waals surface area contributed by atoms with Crippen LogP contribution in [0.1, 0.15) is 52.4 Å². The molecule has 0 aliphatic heterocycles. The molecule has 19 heavy (non-hydrogen) atoms. The second-order valence-corrected chi connectivity index (χ2v) is 8.16. The topological polar surface area (TPSA) is 15.3 Å². The summed E-state index contributed by atoms with van der Waals surface area (Å²) in [6.45, 7) is 9.02. The van der Waals surface area contributed by atoms with Crippen molar-refractivity contribution in [1.29, 1.82) is 0 Å². The van der Waals surface area contributed by atoms with Crippen LogP contribution in [0, 0.1) is 23.2 Å². The van der Waals surface area contributed by atoms with E-state index in [9.17, 15) is 0 Å². The van der Waals surface area contributed by atoms with Crippen molar-refractivity contribution in [2.45, 2.75) is 58.4 Å². The van der Waals surface area contributed by atoms with Gasteiger partial charge in [-0.05, 0) is 68.7 Å². The van der Waals surface area contributed by atoms with E-state index in [4.69, 9.17) is 0 Å². The Hall–Kier alpha value is -0.0800. The van der Waals surface area contributed by atoms with Gasteiger partial charge in [0, 0.05) is 25.7 Å². The van der Waals surface area contributed by atoms with Gasteiger partial charge in [0.1, 0.15) is 0 Å². The van der Waals surface area contributed by atoms with Gasteiger partial charge in [-0.2, -0.15) is 0 Å². The minimum Gasteiger partial charge on any atom is -0.316 e. The van der Waals surface area contributed by atoms with Crippen molar-refractivity contribution in [2.75, 3.05) is 26.7 Å². The summed E-state index contributed by atoms with van der Waals surface area (Å²) < 4.78 is 0. The molecule has 3 fully saturated rings. The van der Waals surface area contributed by atoms with Gasteiger partial charge < -0.3 is 10.2 Å². The zero-order valence-electron chi connectivity index (χ0n) is 13.1. The van der Waals surface area contributed by atoms with Crippen molar-refractivity contribution in [3.05, 3.63) is 0 Å². The molecule has 2 unspecified atom stereocenters. The quantitative estimate of drug-likeness (QED) is 0.760. The Kier molecular flexibility index (Phi) is 3.92. The lowest BCUT2D eigenvalue weighted by atomic mass is 9.85. The van der Waals surface area contributed by atoms with Crippen LogP contribution in [0.2, 0.25) is 0 Å². The molecule has 0 saturated heterocycles. The molecule has 3 saturated carbocycles. The van der Waals surface area contributed by atoms with Crippen LogP contribution in [0.25, 0.3) is 0 Å². The zero-order valence-corrected chi connectivity index (χ0v) is 13.1. The molecule has 0 amide bonds. The fourth-order valence-corrected chi connectivity index (χ4v) is 4.23. The summed E-state index contributed by atoms with van der Waals surface area (Å²) in [5, 5.41) is 3.62. The second kappa shape index (κ2) is 5.37. The van der Waals surface area contributed by atoms with Gasteiger partial charge >= 0.3 is 0 Å². The van der Waals surface area contributed by atoms with E-state index in [1.54, 1.807) is 0 Å². The third kappa shape index (κ3) is 3.52. The molecule has 3 rings (SSSR count). The number of nitrogens with zero attached hydrogens (tertiary/aromatic N) is 1. The molecular weight excluding hydrogens is 232 g/mol. The monoisotopic (exact) mass is 264 g/mol. The summed E-state index contributed by atoms with van der Waals surface area (Å²) in [7, 11) is 2.16. The van der Waals surface area contributed by atoms with Gasteiger partial charge in [-0.3, -0.25) is 0 Å². The first-order valence-corrected chi connectivity index (χ1v) is 8.48. The highest BCUT2D eigenvalue weighted by Crippen LogP contribution is 2.42. The van der Waals surface area contributed by atoms with E-state index in [0.29, 0.717) is 11.5 Å². The maximum Gasteiger partial charge on any atom is 0.0156 e. The molecule has 0 spiro atoms. The molecule has 2 nitrogen and oxygen atoms in total. The van der Waals surface area contributed by atoms with Crippen LogP contribution in [0.3, 0.4) is 0 Å². The predicted molar refractivity (Wildman–Crippen MR) is 81.2 cm³/mol. The van der Waals surface area contributed by atoms with E-state index in [1.165, 1.54) is 58.2 Å². The van der Waals surface area contributed by atoms with Gasteiger partial charge in [-0.15, -0.1) is 0 Å². The maximum absolute atomic E-state index is 3.62. The number of nitrogens with one attached hydrogen (secondary N) is 1. The molecule has 0 aromatic carbocycles. The zero-order chi connectivity index (χ0) is 13.5. The SMILES string of the molecule is CNC1C(CN(CC2CC2)CC2CC2)CCC1(C)C. The van der Waals surface area contributed by atoms with E-state index in [1.807, 2.05) is 0 Å². The van der Waals surface area contributed by atoms with Gasteiger partial charge in [0.05, 0.1) is 0 Å². The van der Waals surface area contributed by atoms with Crippen LogP contribution in [0.15, 0.2) is 0 Å². The van der Waals surface area contributed by atoms with Gasteiger partial charge in [0.25, 0.3) is 0 Å². The highest BCUT2D eigenvalue weighted by atomic mass is 15.1. The van der Waals surface area contributed by atoms with Crippen molar-refractivity contribution in [2.24, 2.45) is 23.2 Å². The van der Waals surface area contributed by atoms with Crippen LogP contribution in [0.5, 0.6) is 0 Å². The van der Waals surface area contributed by atoms with Crippen LogP contribution in [0.4, 0.5) is 0 Å². The van der Waals surface area contributed by atoms with Crippen LogP contribution in [-0.4, -0.2) is 37.6 Å². The van der Waals surface area contributed by atoms with Crippen LogP contribution >= 0.6 is 0 Å². The van der Waals surface area contributed by atoms with Crippen molar-refractivity contribution in [1.82, 2.24) is 10.2 Å². The fraction of sp³-hybridized carbons (Fsp3) is 1.00. The first-order valence-electron chi connectivity index (χ1n) is 8.48. The summed E-state index contributed by atoms with van der Waals surface area (Å²) in [5.41, 5.74) is 0.490. The molecule has 1 N–H and O–H groups in total. The first kappa shape index (κ1) is 13.9. The van der Waals surface area contributed by atoms with Crippen molar-refractivity contribution in [3.8, 4) is 0 Å². The second-order valence-electron chi connectivity index (χ2n) is 8.16. The minimum absolute atomic E-state index is 0.490. The largest absolute Gasteiger partial charge is 0.316 e. The minimum atomic E-state index is 0.490. The highest BCUT2D eigenvalue weighted by molar-refractivity contribution is 4.97. The molecule has 0 bridgehead atoms. The summed E-state index contributed by atoms with van der Waals surface area (Å²) in [5.74, 6) is 2.96. The average Bonchev–Trinajstić information content (AvgIpc) is 3.23. The Bertz CT molecular complexity index is 290. The summed E-state index contributed by atoms with van der Waals surface area (Å²) >= 11 is 0. The Balaban J connectivity index is 1.56. The molecule has 110 valence electrons. The standard InChI is InChI=1S/C17H32N2/c1-17(2)9-8-15(16(17)18-3)12-19(10-13-4-5-13)11-14-6-7-14/h13-16,18H,4-12H2,1-3H3. The molecule has 3 aliphatic carbocycles. The van der Waals surface area contributed by atoms with Crippen LogP contribution in [-0.2, 0) is 0 Å². The van der Waals surface area contributed by atoms with E-state index < -0.39 is 0 Å². The third-order valence-corrected chi connectivity index (χ3v) is 5.70. The number of rotatable bonds is 7. The highest BCUT2D eigenvalue weighted by Gasteiger charge is 2.42. The molecule has 2 atom stereocenters. The molecular formula is C17H32N2. The van der Waals surface area contributed by atoms with E-state index in [-0.39, 0.29) is 0 Å². The number of hydrogen-bond donors (Lipinski definition) is 1. The molecule has 0 aromatic rings. The van der Waals surface area contributed by atoms with Crippen LogP contribution < -0.4 is 5.32 Å². The van der Waals surface area contributed by atoms with E-state index >= 15 is 0 Å². The molecule has 2 heteroatoms. The lowest BCUT2D eigenvalue weighted by Gasteiger charge is -2.33. The average molecular weight is 264 g/mol. The maximum atomic E-state index is 3.62. The van der Waals surface area contributed by atoms with E-state index in [0.717, 1.165) is 17.8 Å². The van der Waals surface area contributed by atoms with Crippen molar-refractivity contribution < 1.29 is 0 Å². The Morgan fingerprint density at radius 1 is 0.947 bits per heavy atom. The lowest BCUT2D eigenvalue weighted by Crippen LogP contribution is -2.44. The number of hydrogen-bond acceptors (Lipinski definition) is 2. The first-order chi connectivity index (χ1) is 9.08. The predicted octanol–water partition coefficient (Wildman–Crippen LogP) is 3.13. The van der Waals surface area contributed by atoms with Gasteiger partial charge in [0.15, 0.2) is 0 Å². The smallest absolute Gasteiger partial charge is 0.0156 e. The molecule has 0 heterocycles. The Morgan fingerprint density at radius 3 is 2.00 bits per heavy atom.